The number of nitrogens with one attached hydrogen (secondary N) is 1. The predicted octanol–water partition coefficient (Wildman–Crippen LogP) is 3.76. The third-order valence-corrected chi connectivity index (χ3v) is 6.32. The Morgan fingerprint density at radius 2 is 2.00 bits per heavy atom. The minimum atomic E-state index is -0.116. The molecular formula is C18H17Cl2N5O2S. The number of hydrogen-bond donors (Lipinski definition) is 2. The first-order valence-corrected chi connectivity index (χ1v) is 10.2. The van der Waals surface area contributed by atoms with Crippen molar-refractivity contribution >= 4 is 62.3 Å². The quantitative estimate of drug-likeness (QED) is 0.647. The van der Waals surface area contributed by atoms with Gasteiger partial charge in [-0.2, -0.15) is 0 Å². The first-order chi connectivity index (χ1) is 13.5. The number of fused-ring (bicyclic) bond motifs is 1. The summed E-state index contributed by atoms with van der Waals surface area (Å²) in [5.74, 6) is 0.315. The van der Waals surface area contributed by atoms with Gasteiger partial charge in [0.05, 0.1) is 40.0 Å². The number of ether oxygens (including phenoxy) is 1. The zero-order valence-corrected chi connectivity index (χ0v) is 17.3. The number of morpholine rings is 1. The second-order valence-electron chi connectivity index (χ2n) is 6.20. The number of carbonyl (C=O) groups excluding carboxylic acids is 1. The molecule has 1 fully saturated rings. The van der Waals surface area contributed by atoms with Crippen LogP contribution in [-0.4, -0.2) is 54.1 Å². The van der Waals surface area contributed by atoms with Crippen molar-refractivity contribution in [3.63, 3.8) is 0 Å². The molecule has 0 radical (unpaired) electrons. The Balaban J connectivity index is 1.88. The van der Waals surface area contributed by atoms with Gasteiger partial charge in [-0.05, 0) is 12.1 Å². The van der Waals surface area contributed by atoms with Crippen LogP contribution in [-0.2, 0) is 4.74 Å². The van der Waals surface area contributed by atoms with E-state index in [0.717, 1.165) is 5.56 Å². The number of nitrogen functional groups attached to an aromatic ring is 1. The standard InChI is InChI=1S/C18H17Cl2N5O2S/c1-22-18-23-14(9-2-3-10(19)11(20)8-9)12-13(21)15(28-16(12)24-18)17(26)25-4-6-27-7-5-25/h2-3,8H,4-7,21H2,1H3,(H,22,23,24). The Kier molecular flexibility index (Phi) is 5.29. The molecule has 2 aromatic heterocycles. The van der Waals surface area contributed by atoms with Crippen LogP contribution >= 0.6 is 34.5 Å². The molecular weight excluding hydrogens is 421 g/mol. The minimum Gasteiger partial charge on any atom is -0.397 e. The number of nitrogens with two attached hydrogens (primary N) is 1. The summed E-state index contributed by atoms with van der Waals surface area (Å²) in [6.07, 6.45) is 0. The van der Waals surface area contributed by atoms with Gasteiger partial charge in [0.25, 0.3) is 5.91 Å². The van der Waals surface area contributed by atoms with E-state index in [2.05, 4.69) is 15.3 Å². The molecule has 3 aromatic rings. The number of halogens is 2. The molecule has 0 unspecified atom stereocenters. The molecule has 0 aliphatic carbocycles. The highest BCUT2D eigenvalue weighted by atomic mass is 35.5. The zero-order valence-electron chi connectivity index (χ0n) is 15.0. The van der Waals surface area contributed by atoms with Gasteiger partial charge in [0.15, 0.2) is 0 Å². The van der Waals surface area contributed by atoms with E-state index >= 15 is 0 Å². The molecule has 4 rings (SSSR count). The maximum absolute atomic E-state index is 13.0. The lowest BCUT2D eigenvalue weighted by Gasteiger charge is -2.26. The molecule has 1 aliphatic heterocycles. The smallest absolute Gasteiger partial charge is 0.266 e. The molecule has 1 amide bonds. The van der Waals surface area contributed by atoms with Crippen molar-refractivity contribution in [3.8, 4) is 11.3 Å². The third-order valence-electron chi connectivity index (χ3n) is 4.50. The number of thiophene rings is 1. The van der Waals surface area contributed by atoms with Crippen molar-refractivity contribution < 1.29 is 9.53 Å². The fourth-order valence-electron chi connectivity index (χ4n) is 3.06. The fraction of sp³-hybridized carbons (Fsp3) is 0.278. The van der Waals surface area contributed by atoms with E-state index in [1.54, 1.807) is 24.1 Å². The van der Waals surface area contributed by atoms with Crippen LogP contribution in [0.3, 0.4) is 0 Å². The number of hydrogen-bond acceptors (Lipinski definition) is 7. The van der Waals surface area contributed by atoms with E-state index in [1.165, 1.54) is 11.3 Å². The first-order valence-electron chi connectivity index (χ1n) is 8.59. The molecule has 10 heteroatoms. The lowest BCUT2D eigenvalue weighted by atomic mass is 10.1. The van der Waals surface area contributed by atoms with Gasteiger partial charge < -0.3 is 20.7 Å². The second kappa shape index (κ2) is 7.71. The summed E-state index contributed by atoms with van der Waals surface area (Å²) in [7, 11) is 1.73. The van der Waals surface area contributed by atoms with Crippen molar-refractivity contribution in [2.24, 2.45) is 0 Å². The topological polar surface area (TPSA) is 93.4 Å². The van der Waals surface area contributed by atoms with Crippen LogP contribution in [0.4, 0.5) is 11.6 Å². The van der Waals surface area contributed by atoms with Crippen LogP contribution in [0.15, 0.2) is 18.2 Å². The van der Waals surface area contributed by atoms with E-state index < -0.39 is 0 Å². The lowest BCUT2D eigenvalue weighted by Crippen LogP contribution is -2.40. The zero-order chi connectivity index (χ0) is 19.8. The van der Waals surface area contributed by atoms with Gasteiger partial charge in [0.1, 0.15) is 9.71 Å². The predicted molar refractivity (Wildman–Crippen MR) is 114 cm³/mol. The van der Waals surface area contributed by atoms with E-state index in [1.807, 2.05) is 6.07 Å². The SMILES string of the molecule is CNc1nc(-c2ccc(Cl)c(Cl)c2)c2c(N)c(C(=O)N3CCOCC3)sc2n1. The number of nitrogens with zero attached hydrogens (tertiary/aromatic N) is 3. The molecule has 0 saturated carbocycles. The van der Waals surface area contributed by atoms with Crippen LogP contribution in [0.25, 0.3) is 21.5 Å². The highest BCUT2D eigenvalue weighted by Crippen LogP contribution is 2.40. The van der Waals surface area contributed by atoms with Gasteiger partial charge in [0.2, 0.25) is 5.95 Å². The number of amides is 1. The van der Waals surface area contributed by atoms with Crippen LogP contribution in [0.5, 0.6) is 0 Å². The van der Waals surface area contributed by atoms with Gasteiger partial charge in [-0.15, -0.1) is 11.3 Å². The maximum Gasteiger partial charge on any atom is 0.266 e. The van der Waals surface area contributed by atoms with Crippen molar-refractivity contribution in [1.82, 2.24) is 14.9 Å². The summed E-state index contributed by atoms with van der Waals surface area (Å²) in [6.45, 7) is 2.13. The Hall–Kier alpha value is -2.13. The monoisotopic (exact) mass is 437 g/mol. The van der Waals surface area contributed by atoms with Crippen LogP contribution in [0, 0.1) is 0 Å². The molecule has 3 heterocycles. The molecule has 1 aliphatic rings. The highest BCUT2D eigenvalue weighted by molar-refractivity contribution is 7.21. The lowest BCUT2D eigenvalue weighted by molar-refractivity contribution is 0.0307. The van der Waals surface area contributed by atoms with E-state index in [9.17, 15) is 4.79 Å². The molecule has 1 aromatic carbocycles. The van der Waals surface area contributed by atoms with Crippen molar-refractivity contribution in [2.75, 3.05) is 44.4 Å². The van der Waals surface area contributed by atoms with Gasteiger partial charge in [-0.3, -0.25) is 4.79 Å². The van der Waals surface area contributed by atoms with E-state index in [4.69, 9.17) is 33.7 Å². The summed E-state index contributed by atoms with van der Waals surface area (Å²) in [5.41, 5.74) is 8.14. The van der Waals surface area contributed by atoms with E-state index in [0.29, 0.717) is 68.8 Å². The molecule has 3 N–H and O–H groups in total. The third kappa shape index (κ3) is 3.37. The summed E-state index contributed by atoms with van der Waals surface area (Å²) >= 11 is 13.5. The Labute approximate surface area is 175 Å². The number of rotatable bonds is 3. The Morgan fingerprint density at radius 1 is 1.25 bits per heavy atom. The van der Waals surface area contributed by atoms with Crippen LogP contribution in [0.1, 0.15) is 9.67 Å². The normalized spacial score (nSPS) is 14.5. The Morgan fingerprint density at radius 3 is 2.68 bits per heavy atom. The highest BCUT2D eigenvalue weighted by Gasteiger charge is 2.26. The largest absolute Gasteiger partial charge is 0.397 e. The molecule has 1 saturated heterocycles. The number of benzene rings is 1. The molecule has 0 spiro atoms. The molecule has 28 heavy (non-hydrogen) atoms. The number of carbonyl (C=O) groups is 1. The van der Waals surface area contributed by atoms with Gasteiger partial charge in [0, 0.05) is 25.7 Å². The first kappa shape index (κ1) is 19.2. The average Bonchev–Trinajstić information content (AvgIpc) is 3.06. The summed E-state index contributed by atoms with van der Waals surface area (Å²) < 4.78 is 5.33. The van der Waals surface area contributed by atoms with Crippen LogP contribution in [0.2, 0.25) is 10.0 Å². The van der Waals surface area contributed by atoms with Gasteiger partial charge in [-0.25, -0.2) is 9.97 Å². The summed E-state index contributed by atoms with van der Waals surface area (Å²) in [4.78, 5) is 24.9. The minimum absolute atomic E-state index is 0.116. The maximum atomic E-state index is 13.0. The number of anilines is 2. The second-order valence-corrected chi connectivity index (χ2v) is 8.02. The molecule has 0 bridgehead atoms. The summed E-state index contributed by atoms with van der Waals surface area (Å²) in [6, 6.07) is 5.25. The van der Waals surface area contributed by atoms with Crippen LogP contribution < -0.4 is 11.1 Å². The molecule has 146 valence electrons. The van der Waals surface area contributed by atoms with Crippen molar-refractivity contribution in [3.05, 3.63) is 33.1 Å². The van der Waals surface area contributed by atoms with E-state index in [-0.39, 0.29) is 5.91 Å². The fourth-order valence-corrected chi connectivity index (χ4v) is 4.42. The number of aromatic nitrogens is 2. The van der Waals surface area contributed by atoms with Crippen molar-refractivity contribution in [1.29, 1.82) is 0 Å². The van der Waals surface area contributed by atoms with Gasteiger partial charge >= 0.3 is 0 Å². The summed E-state index contributed by atoms with van der Waals surface area (Å²) in [5, 5.41) is 4.45. The molecule has 0 atom stereocenters. The molecule has 7 nitrogen and oxygen atoms in total. The van der Waals surface area contributed by atoms with Gasteiger partial charge in [-0.1, -0.05) is 29.3 Å². The van der Waals surface area contributed by atoms with Crippen molar-refractivity contribution in [2.45, 2.75) is 0 Å². The average molecular weight is 438 g/mol. The Bertz CT molecular complexity index is 1070.